The summed E-state index contributed by atoms with van der Waals surface area (Å²) in [5.41, 5.74) is 2.60. The van der Waals surface area contributed by atoms with Gasteiger partial charge in [0, 0.05) is 44.7 Å². The van der Waals surface area contributed by atoms with E-state index >= 15 is 0 Å². The summed E-state index contributed by atoms with van der Waals surface area (Å²) in [6.45, 7) is 2.69. The maximum Gasteiger partial charge on any atom is 0.274 e. The van der Waals surface area contributed by atoms with Crippen LogP contribution in [0.15, 0.2) is 60.8 Å². The first-order chi connectivity index (χ1) is 15.0. The first-order valence-electron chi connectivity index (χ1n) is 10.8. The molecule has 6 heteroatoms. The molecular formula is C25H29FN4O. The smallest absolute Gasteiger partial charge is 0.274 e. The van der Waals surface area contributed by atoms with Crippen molar-refractivity contribution >= 4 is 5.91 Å². The highest BCUT2D eigenvalue weighted by atomic mass is 19.1. The van der Waals surface area contributed by atoms with Crippen molar-refractivity contribution in [3.63, 3.8) is 0 Å². The van der Waals surface area contributed by atoms with Crippen LogP contribution in [0.4, 0.5) is 4.39 Å². The van der Waals surface area contributed by atoms with Crippen molar-refractivity contribution in [1.29, 1.82) is 0 Å². The molecule has 1 amide bonds. The minimum atomic E-state index is -0.206. The molecule has 1 aliphatic heterocycles. The van der Waals surface area contributed by atoms with Crippen LogP contribution in [-0.4, -0.2) is 52.4 Å². The van der Waals surface area contributed by atoms with Crippen molar-refractivity contribution in [2.75, 3.05) is 27.2 Å². The topological polar surface area (TPSA) is 41.4 Å². The molecular weight excluding hydrogens is 391 g/mol. The number of nitrogens with zero attached hydrogens (tertiary/aromatic N) is 4. The van der Waals surface area contributed by atoms with E-state index in [9.17, 15) is 9.18 Å². The van der Waals surface area contributed by atoms with E-state index in [2.05, 4.69) is 14.5 Å². The van der Waals surface area contributed by atoms with Gasteiger partial charge in [-0.15, -0.1) is 0 Å². The van der Waals surface area contributed by atoms with Crippen LogP contribution in [0.3, 0.4) is 0 Å². The predicted molar refractivity (Wildman–Crippen MR) is 119 cm³/mol. The molecule has 5 nitrogen and oxygen atoms in total. The number of aryl methyl sites for hydroxylation is 1. The monoisotopic (exact) mass is 420 g/mol. The van der Waals surface area contributed by atoms with Crippen LogP contribution in [0.25, 0.3) is 0 Å². The van der Waals surface area contributed by atoms with Gasteiger partial charge >= 0.3 is 0 Å². The highest BCUT2D eigenvalue weighted by Crippen LogP contribution is 2.29. The van der Waals surface area contributed by atoms with Gasteiger partial charge in [-0.1, -0.05) is 42.5 Å². The molecule has 1 atom stereocenters. The van der Waals surface area contributed by atoms with Crippen LogP contribution in [0.1, 0.15) is 39.8 Å². The number of carbonyl (C=O) groups is 1. The van der Waals surface area contributed by atoms with Crippen LogP contribution >= 0.6 is 0 Å². The number of rotatable bonds is 7. The summed E-state index contributed by atoms with van der Waals surface area (Å²) in [4.78, 5) is 22.0. The van der Waals surface area contributed by atoms with Gasteiger partial charge < -0.3 is 14.4 Å². The number of amides is 1. The number of aromatic nitrogens is 2. The molecule has 0 radical (unpaired) electrons. The van der Waals surface area contributed by atoms with E-state index in [0.29, 0.717) is 18.8 Å². The van der Waals surface area contributed by atoms with Crippen molar-refractivity contribution in [2.24, 2.45) is 0 Å². The summed E-state index contributed by atoms with van der Waals surface area (Å²) >= 11 is 0. The van der Waals surface area contributed by atoms with Crippen LogP contribution < -0.4 is 0 Å². The minimum absolute atomic E-state index is 0.0464. The van der Waals surface area contributed by atoms with Crippen LogP contribution in [-0.2, 0) is 19.5 Å². The van der Waals surface area contributed by atoms with Gasteiger partial charge in [-0.2, -0.15) is 0 Å². The molecule has 162 valence electrons. The summed E-state index contributed by atoms with van der Waals surface area (Å²) in [7, 11) is 4.01. The van der Waals surface area contributed by atoms with Crippen molar-refractivity contribution in [1.82, 2.24) is 19.4 Å². The molecule has 0 saturated carbocycles. The van der Waals surface area contributed by atoms with Crippen LogP contribution in [0.5, 0.6) is 0 Å². The molecule has 2 heterocycles. The lowest BCUT2D eigenvalue weighted by Crippen LogP contribution is -2.36. The van der Waals surface area contributed by atoms with E-state index in [-0.39, 0.29) is 17.6 Å². The number of benzene rings is 2. The third-order valence-corrected chi connectivity index (χ3v) is 5.85. The summed E-state index contributed by atoms with van der Waals surface area (Å²) in [6.07, 6.45) is 3.56. The first-order valence-corrected chi connectivity index (χ1v) is 10.8. The standard InChI is InChI=1S/C25H29FN4O/c1-28(2)13-14-29(16-19-7-4-3-5-8-19)25(31)23-18-30-17-21(11-12-24(30)27-23)20-9-6-10-22(26)15-20/h3-10,15,18,21H,11-14,16-17H2,1-2H3. The number of imidazole rings is 1. The molecule has 0 saturated heterocycles. The number of fused-ring (bicyclic) bond motifs is 1. The molecule has 0 fully saturated rings. The normalized spacial score (nSPS) is 15.7. The maximum atomic E-state index is 13.7. The van der Waals surface area contributed by atoms with Gasteiger partial charge in [0.2, 0.25) is 0 Å². The second-order valence-corrected chi connectivity index (χ2v) is 8.50. The van der Waals surface area contributed by atoms with E-state index in [0.717, 1.165) is 42.9 Å². The Hall–Kier alpha value is -2.99. The average molecular weight is 421 g/mol. The molecule has 0 bridgehead atoms. The lowest BCUT2D eigenvalue weighted by Gasteiger charge is -2.24. The molecule has 31 heavy (non-hydrogen) atoms. The van der Waals surface area contributed by atoms with Crippen LogP contribution in [0.2, 0.25) is 0 Å². The summed E-state index contributed by atoms with van der Waals surface area (Å²) in [6, 6.07) is 16.9. The molecule has 0 spiro atoms. The van der Waals surface area contributed by atoms with E-state index in [1.807, 2.05) is 61.6 Å². The van der Waals surface area contributed by atoms with Gasteiger partial charge in [0.1, 0.15) is 17.3 Å². The fourth-order valence-corrected chi connectivity index (χ4v) is 4.12. The Bertz CT molecular complexity index is 1030. The zero-order chi connectivity index (χ0) is 21.8. The molecule has 0 aliphatic carbocycles. The zero-order valence-electron chi connectivity index (χ0n) is 18.2. The maximum absolute atomic E-state index is 13.7. The van der Waals surface area contributed by atoms with E-state index in [1.165, 1.54) is 6.07 Å². The van der Waals surface area contributed by atoms with Crippen molar-refractivity contribution in [3.8, 4) is 0 Å². The van der Waals surface area contributed by atoms with Gasteiger partial charge in [0.25, 0.3) is 5.91 Å². The lowest BCUT2D eigenvalue weighted by molar-refractivity contribution is 0.0726. The number of halogens is 1. The highest BCUT2D eigenvalue weighted by molar-refractivity contribution is 5.92. The molecule has 1 aliphatic rings. The van der Waals surface area contributed by atoms with Crippen LogP contribution in [0, 0.1) is 5.82 Å². The lowest BCUT2D eigenvalue weighted by atomic mass is 9.91. The first kappa shape index (κ1) is 21.2. The highest BCUT2D eigenvalue weighted by Gasteiger charge is 2.26. The number of hydrogen-bond acceptors (Lipinski definition) is 3. The Morgan fingerprint density at radius 1 is 1.13 bits per heavy atom. The fraction of sp³-hybridized carbons (Fsp3) is 0.360. The third-order valence-electron chi connectivity index (χ3n) is 5.85. The minimum Gasteiger partial charge on any atom is -0.333 e. The van der Waals surface area contributed by atoms with Crippen molar-refractivity contribution in [3.05, 3.63) is 89.3 Å². The largest absolute Gasteiger partial charge is 0.333 e. The molecule has 1 aromatic heterocycles. The molecule has 0 N–H and O–H groups in total. The Labute approximate surface area is 183 Å². The summed E-state index contributed by atoms with van der Waals surface area (Å²) in [5.74, 6) is 0.912. The van der Waals surface area contributed by atoms with Gasteiger partial charge in [-0.3, -0.25) is 4.79 Å². The van der Waals surface area contributed by atoms with Gasteiger partial charge in [0.05, 0.1) is 0 Å². The van der Waals surface area contributed by atoms with E-state index in [4.69, 9.17) is 0 Å². The summed E-state index contributed by atoms with van der Waals surface area (Å²) < 4.78 is 15.7. The average Bonchev–Trinajstić information content (AvgIpc) is 3.20. The number of likely N-dealkylation sites (N-methyl/N-ethyl adjacent to an activating group) is 1. The third kappa shape index (κ3) is 5.20. The van der Waals surface area contributed by atoms with Crippen molar-refractivity contribution in [2.45, 2.75) is 31.8 Å². The van der Waals surface area contributed by atoms with Gasteiger partial charge in [-0.05, 0) is 43.8 Å². The molecule has 1 unspecified atom stereocenters. The Morgan fingerprint density at radius 3 is 2.68 bits per heavy atom. The number of hydrogen-bond donors (Lipinski definition) is 0. The number of carbonyl (C=O) groups excluding carboxylic acids is 1. The van der Waals surface area contributed by atoms with E-state index < -0.39 is 0 Å². The second kappa shape index (κ2) is 9.43. The SMILES string of the molecule is CN(C)CCN(Cc1ccccc1)C(=O)c1cn2c(n1)CCC(c1cccc(F)c1)C2. The Morgan fingerprint density at radius 2 is 1.94 bits per heavy atom. The van der Waals surface area contributed by atoms with Crippen molar-refractivity contribution < 1.29 is 9.18 Å². The van der Waals surface area contributed by atoms with Gasteiger partial charge in [-0.25, -0.2) is 9.37 Å². The second-order valence-electron chi connectivity index (χ2n) is 8.50. The van der Waals surface area contributed by atoms with E-state index in [1.54, 1.807) is 12.1 Å². The summed E-state index contributed by atoms with van der Waals surface area (Å²) in [5, 5.41) is 0. The molecule has 2 aromatic carbocycles. The predicted octanol–water partition coefficient (Wildman–Crippen LogP) is 3.96. The fourth-order valence-electron chi connectivity index (χ4n) is 4.12. The molecule has 3 aromatic rings. The quantitative estimate of drug-likeness (QED) is 0.581. The molecule has 4 rings (SSSR count). The Kier molecular flexibility index (Phi) is 6.47. The zero-order valence-corrected chi connectivity index (χ0v) is 18.2. The Balaban J connectivity index is 1.52. The van der Waals surface area contributed by atoms with Gasteiger partial charge in [0.15, 0.2) is 0 Å².